The number of hydrogen-bond acceptors (Lipinski definition) is 6. The molecule has 2 aromatic rings. The fourth-order valence-electron chi connectivity index (χ4n) is 3.41. The van der Waals surface area contributed by atoms with Crippen molar-refractivity contribution in [3.8, 4) is 0 Å². The normalized spacial score (nSPS) is 14.6. The Hall–Kier alpha value is -3.36. The Morgan fingerprint density at radius 3 is 2.46 bits per heavy atom. The van der Waals surface area contributed by atoms with Crippen LogP contribution in [0.5, 0.6) is 0 Å². The van der Waals surface area contributed by atoms with E-state index in [1.807, 2.05) is 4.90 Å². The van der Waals surface area contributed by atoms with Gasteiger partial charge in [-0.05, 0) is 38.8 Å². The average molecular weight is 386 g/mol. The summed E-state index contributed by atoms with van der Waals surface area (Å²) >= 11 is 0. The Balaban J connectivity index is 1.54. The smallest absolute Gasteiger partial charge is 0.292 e. The number of nitro groups is 1. The first kappa shape index (κ1) is 19.4. The first-order valence-corrected chi connectivity index (χ1v) is 9.02. The van der Waals surface area contributed by atoms with Gasteiger partial charge in [0.1, 0.15) is 17.2 Å². The van der Waals surface area contributed by atoms with Gasteiger partial charge in [-0.15, -0.1) is 0 Å². The second-order valence-electron chi connectivity index (χ2n) is 6.78. The molecule has 2 N–H and O–H groups in total. The number of nitrogens with one attached hydrogen (secondary N) is 2. The van der Waals surface area contributed by atoms with E-state index >= 15 is 0 Å². The first-order valence-electron chi connectivity index (χ1n) is 9.02. The third kappa shape index (κ3) is 4.13. The molecule has 1 fully saturated rings. The lowest BCUT2D eigenvalue weighted by molar-refractivity contribution is -0.384. The number of piperidine rings is 1. The van der Waals surface area contributed by atoms with E-state index in [0.29, 0.717) is 48.7 Å². The Morgan fingerprint density at radius 1 is 1.18 bits per heavy atom. The minimum atomic E-state index is -0.431. The van der Waals surface area contributed by atoms with Crippen molar-refractivity contribution < 1.29 is 18.9 Å². The van der Waals surface area contributed by atoms with Gasteiger partial charge in [-0.25, -0.2) is 0 Å². The third-order valence-electron chi connectivity index (χ3n) is 4.87. The van der Waals surface area contributed by atoms with E-state index in [1.165, 1.54) is 6.07 Å². The summed E-state index contributed by atoms with van der Waals surface area (Å²) < 4.78 is 5.31. The number of nitrogens with zero attached hydrogens (tertiary/aromatic N) is 2. The molecule has 1 aliphatic rings. The van der Waals surface area contributed by atoms with Gasteiger partial charge in [-0.3, -0.25) is 30.6 Å². The number of rotatable bonds is 4. The summed E-state index contributed by atoms with van der Waals surface area (Å²) in [5.74, 6) is 0.137. The molecular weight excluding hydrogens is 364 g/mol. The highest BCUT2D eigenvalue weighted by Gasteiger charge is 2.28. The zero-order valence-corrected chi connectivity index (χ0v) is 15.7. The Kier molecular flexibility index (Phi) is 5.62. The molecule has 0 spiro atoms. The molecule has 0 saturated carbocycles. The van der Waals surface area contributed by atoms with Crippen molar-refractivity contribution in [1.82, 2.24) is 10.9 Å². The number of anilines is 1. The standard InChI is InChI=1S/C19H22N4O5/c1-12-11-15(13(2)28-12)19(25)21-20-18(24)14-7-9-22(10-8-14)16-5-3-4-6-17(16)23(26)27/h3-6,11,14H,7-10H2,1-2H3,(H,20,24)(H,21,25). The molecule has 3 rings (SSSR count). The number of hydrogen-bond donors (Lipinski definition) is 2. The lowest BCUT2D eigenvalue weighted by Crippen LogP contribution is -2.47. The van der Waals surface area contributed by atoms with Crippen molar-refractivity contribution in [1.29, 1.82) is 0 Å². The first-order chi connectivity index (χ1) is 13.4. The molecule has 0 bridgehead atoms. The SMILES string of the molecule is Cc1cc(C(=O)NNC(=O)C2CCN(c3ccccc3[N+](=O)[O-])CC2)c(C)o1. The fraction of sp³-hybridized carbons (Fsp3) is 0.368. The number of aryl methyl sites for hydroxylation is 2. The summed E-state index contributed by atoms with van der Waals surface area (Å²) in [6.45, 7) is 4.48. The van der Waals surface area contributed by atoms with Crippen LogP contribution in [-0.4, -0.2) is 29.8 Å². The van der Waals surface area contributed by atoms with Gasteiger partial charge in [-0.2, -0.15) is 0 Å². The quantitative estimate of drug-likeness (QED) is 0.616. The average Bonchev–Trinajstić information content (AvgIpc) is 3.04. The van der Waals surface area contributed by atoms with Gasteiger partial charge >= 0.3 is 0 Å². The second kappa shape index (κ2) is 8.12. The van der Waals surface area contributed by atoms with E-state index in [2.05, 4.69) is 10.9 Å². The second-order valence-corrected chi connectivity index (χ2v) is 6.78. The highest BCUT2D eigenvalue weighted by molar-refractivity contribution is 5.96. The molecule has 0 radical (unpaired) electrons. The van der Waals surface area contributed by atoms with Gasteiger partial charge in [0.2, 0.25) is 5.91 Å². The molecule has 0 atom stereocenters. The molecule has 1 saturated heterocycles. The van der Waals surface area contributed by atoms with Gasteiger partial charge in [-0.1, -0.05) is 12.1 Å². The summed E-state index contributed by atoms with van der Waals surface area (Å²) in [5, 5.41) is 11.2. The highest BCUT2D eigenvalue weighted by Crippen LogP contribution is 2.31. The molecular formula is C19H22N4O5. The zero-order valence-electron chi connectivity index (χ0n) is 15.7. The van der Waals surface area contributed by atoms with Crippen molar-refractivity contribution in [2.45, 2.75) is 26.7 Å². The number of amides is 2. The molecule has 1 aromatic carbocycles. The van der Waals surface area contributed by atoms with Crippen molar-refractivity contribution in [3.63, 3.8) is 0 Å². The van der Waals surface area contributed by atoms with Crippen LogP contribution in [0.2, 0.25) is 0 Å². The van der Waals surface area contributed by atoms with Crippen LogP contribution in [0.25, 0.3) is 0 Å². The van der Waals surface area contributed by atoms with Crippen LogP contribution in [0.4, 0.5) is 11.4 Å². The van der Waals surface area contributed by atoms with Crippen molar-refractivity contribution in [3.05, 3.63) is 57.5 Å². The van der Waals surface area contributed by atoms with Gasteiger partial charge in [0, 0.05) is 25.1 Å². The van der Waals surface area contributed by atoms with Crippen molar-refractivity contribution in [2.24, 2.45) is 5.92 Å². The summed E-state index contributed by atoms with van der Waals surface area (Å²) in [5.41, 5.74) is 5.88. The summed E-state index contributed by atoms with van der Waals surface area (Å²) in [6.07, 6.45) is 1.08. The van der Waals surface area contributed by atoms with Crippen LogP contribution >= 0.6 is 0 Å². The van der Waals surface area contributed by atoms with Gasteiger partial charge in [0.15, 0.2) is 0 Å². The lowest BCUT2D eigenvalue weighted by atomic mass is 9.95. The Morgan fingerprint density at radius 2 is 1.86 bits per heavy atom. The molecule has 2 amide bonds. The molecule has 28 heavy (non-hydrogen) atoms. The Labute approximate surface area is 161 Å². The number of para-hydroxylation sites is 2. The van der Waals surface area contributed by atoms with E-state index < -0.39 is 10.8 Å². The van der Waals surface area contributed by atoms with Crippen LogP contribution in [0.3, 0.4) is 0 Å². The maximum atomic E-state index is 12.4. The number of carbonyl (C=O) groups is 2. The maximum absolute atomic E-state index is 12.4. The number of benzene rings is 1. The van der Waals surface area contributed by atoms with E-state index in [0.717, 1.165) is 0 Å². The topological polar surface area (TPSA) is 118 Å². The van der Waals surface area contributed by atoms with Gasteiger partial charge in [0.05, 0.1) is 10.5 Å². The predicted molar refractivity (Wildman–Crippen MR) is 102 cm³/mol. The van der Waals surface area contributed by atoms with Crippen molar-refractivity contribution >= 4 is 23.2 Å². The highest BCUT2D eigenvalue weighted by atomic mass is 16.6. The number of hydrazine groups is 1. The minimum absolute atomic E-state index is 0.0587. The molecule has 148 valence electrons. The third-order valence-corrected chi connectivity index (χ3v) is 4.87. The number of nitro benzene ring substituents is 1. The van der Waals surface area contributed by atoms with Gasteiger partial charge < -0.3 is 9.32 Å². The molecule has 1 aliphatic heterocycles. The van der Waals surface area contributed by atoms with Crippen LogP contribution in [-0.2, 0) is 4.79 Å². The molecule has 0 aliphatic carbocycles. The van der Waals surface area contributed by atoms with E-state index in [9.17, 15) is 19.7 Å². The monoisotopic (exact) mass is 386 g/mol. The number of furan rings is 1. The maximum Gasteiger partial charge on any atom is 0.292 e. The minimum Gasteiger partial charge on any atom is -0.466 e. The largest absolute Gasteiger partial charge is 0.466 e. The lowest BCUT2D eigenvalue weighted by Gasteiger charge is -2.32. The van der Waals surface area contributed by atoms with Crippen molar-refractivity contribution in [2.75, 3.05) is 18.0 Å². The molecule has 2 heterocycles. The van der Waals surface area contributed by atoms with E-state index in [4.69, 9.17) is 4.42 Å². The number of carbonyl (C=O) groups excluding carboxylic acids is 2. The summed E-state index contributed by atoms with van der Waals surface area (Å²) in [6, 6.07) is 8.20. The summed E-state index contributed by atoms with van der Waals surface area (Å²) in [4.78, 5) is 37.2. The fourth-order valence-corrected chi connectivity index (χ4v) is 3.41. The molecule has 9 nitrogen and oxygen atoms in total. The Bertz CT molecular complexity index is 899. The molecule has 9 heteroatoms. The van der Waals surface area contributed by atoms with Crippen LogP contribution in [0.15, 0.2) is 34.7 Å². The zero-order chi connectivity index (χ0) is 20.3. The van der Waals surface area contributed by atoms with Crippen LogP contribution in [0.1, 0.15) is 34.7 Å². The van der Waals surface area contributed by atoms with Gasteiger partial charge in [0.25, 0.3) is 11.6 Å². The van der Waals surface area contributed by atoms with Crippen LogP contribution in [0, 0.1) is 29.9 Å². The molecule has 1 aromatic heterocycles. The summed E-state index contributed by atoms with van der Waals surface area (Å²) in [7, 11) is 0. The van der Waals surface area contributed by atoms with E-state index in [-0.39, 0.29) is 17.5 Å². The molecule has 0 unspecified atom stereocenters. The van der Waals surface area contributed by atoms with E-state index in [1.54, 1.807) is 38.1 Å². The van der Waals surface area contributed by atoms with Crippen LogP contribution < -0.4 is 15.8 Å². The predicted octanol–water partition coefficient (Wildman–Crippen LogP) is 2.48.